The first-order chi connectivity index (χ1) is 11.6. The van der Waals surface area contributed by atoms with E-state index in [0.29, 0.717) is 22.8 Å². The summed E-state index contributed by atoms with van der Waals surface area (Å²) in [5.41, 5.74) is 4.45. The van der Waals surface area contributed by atoms with Gasteiger partial charge in [-0.25, -0.2) is 5.43 Å². The molecule has 2 rings (SSSR count). The number of rotatable bonds is 6. The summed E-state index contributed by atoms with van der Waals surface area (Å²) in [7, 11) is 4.66. The highest BCUT2D eigenvalue weighted by Gasteiger charge is 2.09. The van der Waals surface area contributed by atoms with Gasteiger partial charge in [0, 0.05) is 17.2 Å². The van der Waals surface area contributed by atoms with Crippen molar-refractivity contribution >= 4 is 11.6 Å². The van der Waals surface area contributed by atoms with Crippen LogP contribution in [0, 0.1) is 0 Å². The minimum Gasteiger partial charge on any atom is -0.497 e. The Kier molecular flexibility index (Phi) is 5.78. The highest BCUT2D eigenvalue weighted by Crippen LogP contribution is 2.22. The van der Waals surface area contributed by atoms with Crippen LogP contribution in [0.4, 0.5) is 0 Å². The molecule has 0 fully saturated rings. The fourth-order valence-electron chi connectivity index (χ4n) is 2.05. The summed E-state index contributed by atoms with van der Waals surface area (Å²) in [6.07, 6.45) is 0. The summed E-state index contributed by atoms with van der Waals surface area (Å²) >= 11 is 0. The Balaban J connectivity index is 2.17. The average molecular weight is 328 g/mol. The van der Waals surface area contributed by atoms with Gasteiger partial charge in [-0.05, 0) is 31.2 Å². The zero-order valence-electron chi connectivity index (χ0n) is 14.1. The Morgan fingerprint density at radius 3 is 2.04 bits per heavy atom. The molecule has 0 saturated carbocycles. The molecule has 0 bridgehead atoms. The third kappa shape index (κ3) is 4.25. The van der Waals surface area contributed by atoms with Crippen LogP contribution in [0.15, 0.2) is 47.6 Å². The van der Waals surface area contributed by atoms with Gasteiger partial charge in [0.1, 0.15) is 17.2 Å². The molecule has 126 valence electrons. The molecule has 6 heteroatoms. The van der Waals surface area contributed by atoms with Crippen LogP contribution in [0.5, 0.6) is 17.2 Å². The zero-order valence-corrected chi connectivity index (χ0v) is 14.1. The Bertz CT molecular complexity index is 734. The second-order valence-electron chi connectivity index (χ2n) is 4.97. The van der Waals surface area contributed by atoms with E-state index in [1.807, 2.05) is 24.3 Å². The molecule has 0 aliphatic rings. The smallest absolute Gasteiger partial charge is 0.271 e. The van der Waals surface area contributed by atoms with E-state index in [1.54, 1.807) is 32.2 Å². The molecule has 0 unspecified atom stereocenters. The summed E-state index contributed by atoms with van der Waals surface area (Å²) in [6, 6.07) is 12.4. The van der Waals surface area contributed by atoms with Crippen LogP contribution in [0.2, 0.25) is 0 Å². The van der Waals surface area contributed by atoms with Gasteiger partial charge >= 0.3 is 0 Å². The number of hydrazone groups is 1. The molecular formula is C18H20N2O4. The summed E-state index contributed by atoms with van der Waals surface area (Å²) in [5.74, 6) is 1.45. The quantitative estimate of drug-likeness (QED) is 0.654. The lowest BCUT2D eigenvalue weighted by molar-refractivity contribution is 0.0954. The number of carbonyl (C=O) groups excluding carboxylic acids is 1. The van der Waals surface area contributed by atoms with E-state index in [2.05, 4.69) is 10.5 Å². The number of nitrogens with one attached hydrogen (secondary N) is 1. The van der Waals surface area contributed by atoms with Crippen molar-refractivity contribution in [2.75, 3.05) is 21.3 Å². The minimum absolute atomic E-state index is 0.352. The van der Waals surface area contributed by atoms with Gasteiger partial charge in [0.25, 0.3) is 5.91 Å². The molecule has 0 spiro atoms. The number of benzene rings is 2. The van der Waals surface area contributed by atoms with E-state index in [1.165, 1.54) is 14.2 Å². The van der Waals surface area contributed by atoms with Crippen molar-refractivity contribution in [2.24, 2.45) is 5.10 Å². The van der Waals surface area contributed by atoms with Gasteiger partial charge in [-0.3, -0.25) is 4.79 Å². The number of hydrogen-bond donors (Lipinski definition) is 1. The fourth-order valence-corrected chi connectivity index (χ4v) is 2.05. The molecule has 2 aromatic carbocycles. The van der Waals surface area contributed by atoms with Gasteiger partial charge in [-0.15, -0.1) is 0 Å². The van der Waals surface area contributed by atoms with E-state index in [0.717, 1.165) is 11.3 Å². The fraction of sp³-hybridized carbons (Fsp3) is 0.222. The zero-order chi connectivity index (χ0) is 17.5. The molecule has 1 N–H and O–H groups in total. The van der Waals surface area contributed by atoms with Crippen molar-refractivity contribution in [3.63, 3.8) is 0 Å². The summed E-state index contributed by atoms with van der Waals surface area (Å²) < 4.78 is 15.5. The maximum absolute atomic E-state index is 12.3. The lowest BCUT2D eigenvalue weighted by atomic mass is 10.1. The van der Waals surface area contributed by atoms with Crippen LogP contribution in [0.25, 0.3) is 0 Å². The van der Waals surface area contributed by atoms with Crippen molar-refractivity contribution in [3.05, 3.63) is 53.6 Å². The van der Waals surface area contributed by atoms with Gasteiger partial charge in [0.2, 0.25) is 0 Å². The van der Waals surface area contributed by atoms with Gasteiger partial charge < -0.3 is 14.2 Å². The number of methoxy groups -OCH3 is 3. The molecule has 0 aromatic heterocycles. The van der Waals surface area contributed by atoms with Crippen LogP contribution in [-0.4, -0.2) is 32.9 Å². The third-order valence-electron chi connectivity index (χ3n) is 3.43. The molecule has 24 heavy (non-hydrogen) atoms. The standard InChI is InChI=1S/C18H20N2O4/c1-12(13-6-5-7-15(8-13)22-2)19-20-18(21)14-9-16(23-3)11-17(10-14)24-4/h5-11H,1-4H3,(H,20,21)/b19-12+. The first-order valence-corrected chi connectivity index (χ1v) is 7.29. The predicted molar refractivity (Wildman–Crippen MR) is 92.2 cm³/mol. The Morgan fingerprint density at radius 2 is 1.46 bits per heavy atom. The topological polar surface area (TPSA) is 69.2 Å². The van der Waals surface area contributed by atoms with Gasteiger partial charge in [-0.2, -0.15) is 5.10 Å². The van der Waals surface area contributed by atoms with Crippen molar-refractivity contribution in [1.82, 2.24) is 5.43 Å². The Hall–Kier alpha value is -3.02. The number of amides is 1. The van der Waals surface area contributed by atoms with E-state index < -0.39 is 0 Å². The second kappa shape index (κ2) is 8.01. The highest BCUT2D eigenvalue weighted by molar-refractivity contribution is 6.01. The molecule has 0 aliphatic carbocycles. The largest absolute Gasteiger partial charge is 0.497 e. The highest BCUT2D eigenvalue weighted by atomic mass is 16.5. The van der Waals surface area contributed by atoms with Crippen molar-refractivity contribution in [2.45, 2.75) is 6.92 Å². The first kappa shape index (κ1) is 17.3. The monoisotopic (exact) mass is 328 g/mol. The molecule has 0 heterocycles. The third-order valence-corrected chi connectivity index (χ3v) is 3.43. The van der Waals surface area contributed by atoms with Crippen molar-refractivity contribution < 1.29 is 19.0 Å². The maximum atomic E-state index is 12.3. The minimum atomic E-state index is -0.352. The maximum Gasteiger partial charge on any atom is 0.271 e. The Morgan fingerprint density at radius 1 is 0.875 bits per heavy atom. The predicted octanol–water partition coefficient (Wildman–Crippen LogP) is 2.87. The van der Waals surface area contributed by atoms with Gasteiger partial charge in [0.05, 0.1) is 27.0 Å². The van der Waals surface area contributed by atoms with Gasteiger partial charge in [-0.1, -0.05) is 12.1 Å². The summed E-state index contributed by atoms with van der Waals surface area (Å²) in [5, 5.41) is 4.14. The van der Waals surface area contributed by atoms with Gasteiger partial charge in [0.15, 0.2) is 0 Å². The number of ether oxygens (including phenoxy) is 3. The second-order valence-corrected chi connectivity index (χ2v) is 4.97. The lowest BCUT2D eigenvalue weighted by Crippen LogP contribution is -2.19. The molecule has 0 radical (unpaired) electrons. The number of hydrogen-bond acceptors (Lipinski definition) is 5. The molecule has 0 atom stereocenters. The molecule has 0 aliphatic heterocycles. The average Bonchev–Trinajstić information content (AvgIpc) is 2.65. The van der Waals surface area contributed by atoms with Crippen LogP contribution < -0.4 is 19.6 Å². The lowest BCUT2D eigenvalue weighted by Gasteiger charge is -2.08. The molecule has 0 saturated heterocycles. The molecule has 1 amide bonds. The van der Waals surface area contributed by atoms with Crippen LogP contribution in [0.3, 0.4) is 0 Å². The normalized spacial score (nSPS) is 10.9. The van der Waals surface area contributed by atoms with E-state index >= 15 is 0 Å². The van der Waals surface area contributed by atoms with E-state index in [4.69, 9.17) is 14.2 Å². The first-order valence-electron chi connectivity index (χ1n) is 7.29. The number of nitrogens with zero attached hydrogens (tertiary/aromatic N) is 1. The molecular weight excluding hydrogens is 308 g/mol. The Labute approximate surface area is 141 Å². The van der Waals surface area contributed by atoms with Crippen LogP contribution in [0.1, 0.15) is 22.8 Å². The van der Waals surface area contributed by atoms with Crippen molar-refractivity contribution in [3.8, 4) is 17.2 Å². The summed E-state index contributed by atoms with van der Waals surface area (Å²) in [6.45, 7) is 1.81. The van der Waals surface area contributed by atoms with Crippen LogP contribution in [-0.2, 0) is 0 Å². The number of carbonyl (C=O) groups is 1. The van der Waals surface area contributed by atoms with Crippen molar-refractivity contribution in [1.29, 1.82) is 0 Å². The summed E-state index contributed by atoms with van der Waals surface area (Å²) in [4.78, 5) is 12.3. The SMILES string of the molecule is COc1cc(OC)cc(C(=O)N/N=C(\C)c2cccc(OC)c2)c1. The van der Waals surface area contributed by atoms with E-state index in [-0.39, 0.29) is 5.91 Å². The van der Waals surface area contributed by atoms with E-state index in [9.17, 15) is 4.79 Å². The molecule has 2 aromatic rings. The van der Waals surface area contributed by atoms with Crippen LogP contribution >= 0.6 is 0 Å². The molecule has 6 nitrogen and oxygen atoms in total.